The number of nitrogens with zero attached hydrogens (tertiary/aromatic N) is 1. The van der Waals surface area contributed by atoms with Gasteiger partial charge in [-0.3, -0.25) is 0 Å². The van der Waals surface area contributed by atoms with E-state index in [1.54, 1.807) is 12.0 Å². The topological polar surface area (TPSA) is 88.1 Å². The molecule has 0 aromatic heterocycles. The van der Waals surface area contributed by atoms with Crippen LogP contribution in [0.5, 0.6) is 0 Å². The van der Waals surface area contributed by atoms with E-state index in [-0.39, 0.29) is 18.2 Å². The monoisotopic (exact) mass is 302 g/mol. The van der Waals surface area contributed by atoms with Crippen molar-refractivity contribution in [2.24, 2.45) is 0 Å². The van der Waals surface area contributed by atoms with Crippen molar-refractivity contribution in [1.82, 2.24) is 10.2 Å². The minimum Gasteiger partial charge on any atom is -0.479 e. The Balaban J connectivity index is 2.41. The van der Waals surface area contributed by atoms with E-state index in [1.165, 1.54) is 0 Å². The molecule has 7 nitrogen and oxygen atoms in total. The van der Waals surface area contributed by atoms with E-state index in [0.29, 0.717) is 32.5 Å². The van der Waals surface area contributed by atoms with Gasteiger partial charge in [-0.2, -0.15) is 0 Å². The Morgan fingerprint density at radius 1 is 1.48 bits per heavy atom. The van der Waals surface area contributed by atoms with E-state index in [2.05, 4.69) is 5.32 Å². The number of rotatable bonds is 8. The molecule has 1 aliphatic heterocycles. The molecule has 1 heterocycles. The maximum Gasteiger partial charge on any atom is 0.332 e. The molecule has 1 saturated heterocycles. The summed E-state index contributed by atoms with van der Waals surface area (Å²) in [5, 5.41) is 11.7. The number of urea groups is 1. The van der Waals surface area contributed by atoms with Crippen LogP contribution in [0, 0.1) is 0 Å². The highest BCUT2D eigenvalue weighted by Crippen LogP contribution is 2.19. The van der Waals surface area contributed by atoms with Crippen molar-refractivity contribution in [3.8, 4) is 0 Å². The third kappa shape index (κ3) is 5.51. The van der Waals surface area contributed by atoms with Crippen LogP contribution >= 0.6 is 0 Å². The first-order valence-electron chi connectivity index (χ1n) is 7.41. The number of carboxylic acid groups (broad SMARTS) is 1. The maximum absolute atomic E-state index is 12.2. The summed E-state index contributed by atoms with van der Waals surface area (Å²) in [6.45, 7) is 5.36. The summed E-state index contributed by atoms with van der Waals surface area (Å²) < 4.78 is 10.4. The van der Waals surface area contributed by atoms with Crippen LogP contribution < -0.4 is 5.32 Å². The molecule has 0 aromatic carbocycles. The van der Waals surface area contributed by atoms with Gasteiger partial charge in [0.25, 0.3) is 0 Å². The van der Waals surface area contributed by atoms with E-state index >= 15 is 0 Å². The smallest absolute Gasteiger partial charge is 0.332 e. The lowest BCUT2D eigenvalue weighted by Gasteiger charge is -2.29. The molecule has 0 bridgehead atoms. The van der Waals surface area contributed by atoms with E-state index in [0.717, 1.165) is 6.42 Å². The summed E-state index contributed by atoms with van der Waals surface area (Å²) in [6.07, 6.45) is 1.04. The number of carbonyl (C=O) groups is 2. The molecule has 0 spiro atoms. The summed E-state index contributed by atoms with van der Waals surface area (Å²) in [6, 6.07) is -0.0415. The van der Waals surface area contributed by atoms with Gasteiger partial charge in [0, 0.05) is 26.2 Å². The average molecular weight is 302 g/mol. The lowest BCUT2D eigenvalue weighted by molar-refractivity contribution is -0.149. The highest BCUT2D eigenvalue weighted by atomic mass is 16.5. The van der Waals surface area contributed by atoms with Gasteiger partial charge >= 0.3 is 12.0 Å². The summed E-state index contributed by atoms with van der Waals surface area (Å²) in [7, 11) is 1.60. The van der Waals surface area contributed by atoms with Crippen molar-refractivity contribution >= 4 is 12.0 Å². The van der Waals surface area contributed by atoms with Gasteiger partial charge in [-0.15, -0.1) is 0 Å². The number of hydrogen-bond acceptors (Lipinski definition) is 4. The van der Waals surface area contributed by atoms with Crippen molar-refractivity contribution < 1.29 is 24.2 Å². The first-order valence-corrected chi connectivity index (χ1v) is 7.41. The minimum absolute atomic E-state index is 0.122. The Morgan fingerprint density at radius 3 is 2.71 bits per heavy atom. The third-order valence-electron chi connectivity index (χ3n) is 3.78. The second-order valence-electron chi connectivity index (χ2n) is 5.29. The molecule has 0 aliphatic carbocycles. The number of methoxy groups -OCH3 is 1. The van der Waals surface area contributed by atoms with Gasteiger partial charge in [-0.1, -0.05) is 6.92 Å². The van der Waals surface area contributed by atoms with Crippen molar-refractivity contribution in [2.45, 2.75) is 51.4 Å². The van der Waals surface area contributed by atoms with Crippen LogP contribution in [0.1, 0.15) is 33.1 Å². The lowest BCUT2D eigenvalue weighted by atomic mass is 10.2. The Kier molecular flexibility index (Phi) is 7.45. The molecular weight excluding hydrogens is 276 g/mol. The van der Waals surface area contributed by atoms with Crippen LogP contribution in [-0.2, 0) is 14.3 Å². The number of hydrogen-bond donors (Lipinski definition) is 2. The number of carbonyl (C=O) groups excluding carboxylic acids is 1. The molecule has 0 aromatic rings. The molecule has 122 valence electrons. The SMILES string of the molecule is CCC(C)N(CCOC)C(=O)NCC1CCC(C(=O)O)O1. The average Bonchev–Trinajstić information content (AvgIpc) is 2.94. The van der Waals surface area contributed by atoms with Gasteiger partial charge in [0.05, 0.1) is 12.7 Å². The second kappa shape index (κ2) is 8.84. The Morgan fingerprint density at radius 2 is 2.19 bits per heavy atom. The third-order valence-corrected chi connectivity index (χ3v) is 3.78. The minimum atomic E-state index is -0.940. The molecule has 7 heteroatoms. The number of aliphatic carboxylic acids is 1. The summed E-state index contributed by atoms with van der Waals surface area (Å²) in [5.41, 5.74) is 0. The molecule has 1 rings (SSSR count). The normalized spacial score (nSPS) is 22.8. The predicted octanol–water partition coefficient (Wildman–Crippen LogP) is 1.08. The quantitative estimate of drug-likeness (QED) is 0.700. The largest absolute Gasteiger partial charge is 0.479 e. The first kappa shape index (κ1) is 17.7. The zero-order valence-electron chi connectivity index (χ0n) is 13.0. The van der Waals surface area contributed by atoms with Crippen LogP contribution in [-0.4, -0.2) is 67.1 Å². The van der Waals surface area contributed by atoms with Gasteiger partial charge in [-0.25, -0.2) is 9.59 Å². The standard InChI is InChI=1S/C14H26N2O5/c1-4-10(2)16(7-8-20-3)14(19)15-9-11-5-6-12(21-11)13(17)18/h10-12H,4-9H2,1-3H3,(H,15,19)(H,17,18). The molecule has 0 radical (unpaired) electrons. The van der Waals surface area contributed by atoms with E-state index in [1.807, 2.05) is 13.8 Å². The fraction of sp³-hybridized carbons (Fsp3) is 0.857. The van der Waals surface area contributed by atoms with E-state index in [9.17, 15) is 9.59 Å². The van der Waals surface area contributed by atoms with Gasteiger partial charge in [0.2, 0.25) is 0 Å². The van der Waals surface area contributed by atoms with Crippen LogP contribution in [0.25, 0.3) is 0 Å². The van der Waals surface area contributed by atoms with Crippen LogP contribution in [0.15, 0.2) is 0 Å². The Hall–Kier alpha value is -1.34. The van der Waals surface area contributed by atoms with Gasteiger partial charge in [0.1, 0.15) is 0 Å². The van der Waals surface area contributed by atoms with Crippen molar-refractivity contribution in [3.63, 3.8) is 0 Å². The fourth-order valence-electron chi connectivity index (χ4n) is 2.27. The van der Waals surface area contributed by atoms with Gasteiger partial charge < -0.3 is 24.8 Å². The fourth-order valence-corrected chi connectivity index (χ4v) is 2.27. The van der Waals surface area contributed by atoms with Gasteiger partial charge in [0.15, 0.2) is 6.10 Å². The molecule has 0 saturated carbocycles. The van der Waals surface area contributed by atoms with Crippen LogP contribution in [0.4, 0.5) is 4.79 Å². The van der Waals surface area contributed by atoms with Gasteiger partial charge in [-0.05, 0) is 26.2 Å². The predicted molar refractivity (Wildman–Crippen MR) is 77.3 cm³/mol. The molecule has 1 fully saturated rings. The maximum atomic E-state index is 12.2. The molecule has 21 heavy (non-hydrogen) atoms. The van der Waals surface area contributed by atoms with Crippen molar-refractivity contribution in [2.75, 3.05) is 26.8 Å². The number of ether oxygens (including phenoxy) is 2. The molecule has 1 aliphatic rings. The molecule has 3 unspecified atom stereocenters. The molecule has 2 amide bonds. The summed E-state index contributed by atoms with van der Waals surface area (Å²) in [5.74, 6) is -0.940. The zero-order chi connectivity index (χ0) is 15.8. The van der Waals surface area contributed by atoms with Crippen molar-refractivity contribution in [3.05, 3.63) is 0 Å². The van der Waals surface area contributed by atoms with Crippen LogP contribution in [0.3, 0.4) is 0 Å². The molecule has 2 N–H and O–H groups in total. The lowest BCUT2D eigenvalue weighted by Crippen LogP contribution is -2.48. The molecular formula is C14H26N2O5. The highest BCUT2D eigenvalue weighted by molar-refractivity contribution is 5.74. The molecule has 3 atom stereocenters. The van der Waals surface area contributed by atoms with E-state index < -0.39 is 12.1 Å². The Bertz CT molecular complexity index is 350. The first-order chi connectivity index (χ1) is 9.99. The van der Waals surface area contributed by atoms with Crippen molar-refractivity contribution in [1.29, 1.82) is 0 Å². The van der Waals surface area contributed by atoms with E-state index in [4.69, 9.17) is 14.6 Å². The Labute approximate surface area is 125 Å². The second-order valence-corrected chi connectivity index (χ2v) is 5.29. The van der Waals surface area contributed by atoms with Crippen LogP contribution in [0.2, 0.25) is 0 Å². The summed E-state index contributed by atoms with van der Waals surface area (Å²) >= 11 is 0. The summed E-state index contributed by atoms with van der Waals surface area (Å²) in [4.78, 5) is 24.7. The number of amides is 2. The zero-order valence-corrected chi connectivity index (χ0v) is 13.0. The highest BCUT2D eigenvalue weighted by Gasteiger charge is 2.31. The number of carboxylic acids is 1. The number of nitrogens with one attached hydrogen (secondary N) is 1.